The minimum absolute atomic E-state index is 0.00462. The van der Waals surface area contributed by atoms with Crippen LogP contribution in [-0.4, -0.2) is 35.5 Å². The van der Waals surface area contributed by atoms with Crippen LogP contribution in [-0.2, 0) is 16.0 Å². The molecule has 1 aromatic rings. The van der Waals surface area contributed by atoms with E-state index in [0.29, 0.717) is 13.0 Å². The Labute approximate surface area is 166 Å². The summed E-state index contributed by atoms with van der Waals surface area (Å²) in [5.41, 5.74) is 1.17. The first-order chi connectivity index (χ1) is 13.5. The van der Waals surface area contributed by atoms with Crippen molar-refractivity contribution in [1.29, 1.82) is 0 Å². The van der Waals surface area contributed by atoms with Crippen molar-refractivity contribution in [2.75, 3.05) is 6.54 Å². The molecule has 1 aromatic carbocycles. The number of aromatic carboxylic acids is 1. The van der Waals surface area contributed by atoms with E-state index in [0.717, 1.165) is 56.9 Å². The molecule has 3 rings (SSSR count). The first-order valence-corrected chi connectivity index (χ1v) is 10.4. The zero-order valence-electron chi connectivity index (χ0n) is 16.3. The summed E-state index contributed by atoms with van der Waals surface area (Å²) in [5.74, 6) is -0.475. The number of nitrogens with one attached hydrogen (secondary N) is 2. The van der Waals surface area contributed by atoms with Gasteiger partial charge in [0, 0.05) is 24.4 Å². The summed E-state index contributed by atoms with van der Waals surface area (Å²) in [6, 6.07) is 7.01. The molecule has 0 radical (unpaired) electrons. The van der Waals surface area contributed by atoms with Crippen LogP contribution in [0.25, 0.3) is 0 Å². The van der Waals surface area contributed by atoms with E-state index in [4.69, 9.17) is 5.11 Å². The fraction of sp³-hybridized carbons (Fsp3) is 0.591. The molecule has 0 heterocycles. The zero-order valence-corrected chi connectivity index (χ0v) is 16.3. The Hall–Kier alpha value is -2.37. The molecule has 2 saturated carbocycles. The topological polar surface area (TPSA) is 95.5 Å². The fourth-order valence-electron chi connectivity index (χ4n) is 4.34. The lowest BCUT2D eigenvalue weighted by atomic mass is 9.85. The highest BCUT2D eigenvalue weighted by atomic mass is 16.4. The van der Waals surface area contributed by atoms with Crippen LogP contribution in [0.3, 0.4) is 0 Å². The molecule has 0 bridgehead atoms. The van der Waals surface area contributed by atoms with Gasteiger partial charge in [0.05, 0.1) is 5.56 Å². The molecule has 0 aromatic heterocycles. The highest BCUT2D eigenvalue weighted by Crippen LogP contribution is 2.27. The molecule has 2 fully saturated rings. The van der Waals surface area contributed by atoms with Gasteiger partial charge in [-0.25, -0.2) is 4.79 Å². The molecule has 0 aliphatic heterocycles. The normalized spacial score (nSPS) is 22.6. The van der Waals surface area contributed by atoms with Crippen molar-refractivity contribution < 1.29 is 19.5 Å². The predicted octanol–water partition coefficient (Wildman–Crippen LogP) is 2.91. The van der Waals surface area contributed by atoms with Crippen LogP contribution in [0, 0.1) is 11.8 Å². The molecule has 6 nitrogen and oxygen atoms in total. The molecule has 3 N–H and O–H groups in total. The minimum atomic E-state index is -0.942. The van der Waals surface area contributed by atoms with E-state index >= 15 is 0 Å². The Balaban J connectivity index is 1.36. The van der Waals surface area contributed by atoms with Crippen molar-refractivity contribution in [2.24, 2.45) is 11.8 Å². The highest BCUT2D eigenvalue weighted by molar-refractivity contribution is 5.87. The van der Waals surface area contributed by atoms with Crippen molar-refractivity contribution in [3.63, 3.8) is 0 Å². The van der Waals surface area contributed by atoms with Crippen LogP contribution in [0.15, 0.2) is 24.3 Å². The molecule has 0 unspecified atom stereocenters. The van der Waals surface area contributed by atoms with Gasteiger partial charge in [-0.15, -0.1) is 0 Å². The number of amides is 2. The molecule has 28 heavy (non-hydrogen) atoms. The van der Waals surface area contributed by atoms with Crippen molar-refractivity contribution in [3.05, 3.63) is 35.4 Å². The smallest absolute Gasteiger partial charge is 0.335 e. The Kier molecular flexibility index (Phi) is 7.06. The molecule has 0 atom stereocenters. The van der Waals surface area contributed by atoms with E-state index in [9.17, 15) is 14.4 Å². The van der Waals surface area contributed by atoms with E-state index < -0.39 is 5.97 Å². The van der Waals surface area contributed by atoms with Crippen molar-refractivity contribution in [2.45, 2.75) is 63.8 Å². The Morgan fingerprint density at radius 3 is 2.29 bits per heavy atom. The molecular weight excluding hydrogens is 356 g/mol. The van der Waals surface area contributed by atoms with E-state index in [1.807, 2.05) is 6.07 Å². The summed E-state index contributed by atoms with van der Waals surface area (Å²) in [5, 5.41) is 15.2. The van der Waals surface area contributed by atoms with Crippen LogP contribution in [0.1, 0.15) is 67.3 Å². The van der Waals surface area contributed by atoms with Crippen molar-refractivity contribution in [1.82, 2.24) is 10.6 Å². The second-order valence-electron chi connectivity index (χ2n) is 8.09. The van der Waals surface area contributed by atoms with E-state index in [2.05, 4.69) is 10.6 Å². The predicted molar refractivity (Wildman–Crippen MR) is 106 cm³/mol. The second-order valence-corrected chi connectivity index (χ2v) is 8.09. The Morgan fingerprint density at radius 1 is 0.929 bits per heavy atom. The monoisotopic (exact) mass is 386 g/mol. The third-order valence-corrected chi connectivity index (χ3v) is 6.06. The average molecular weight is 386 g/mol. The van der Waals surface area contributed by atoms with Gasteiger partial charge < -0.3 is 15.7 Å². The van der Waals surface area contributed by atoms with Gasteiger partial charge in [0.2, 0.25) is 11.8 Å². The van der Waals surface area contributed by atoms with E-state index in [1.54, 1.807) is 18.2 Å². The van der Waals surface area contributed by atoms with Gasteiger partial charge in [0.1, 0.15) is 0 Å². The van der Waals surface area contributed by atoms with E-state index in [1.165, 1.54) is 0 Å². The number of hydrogen-bond donors (Lipinski definition) is 3. The first kappa shape index (κ1) is 20.4. The number of benzene rings is 1. The largest absolute Gasteiger partial charge is 0.478 e. The number of carboxylic acids is 1. The molecule has 6 heteroatoms. The lowest BCUT2D eigenvalue weighted by Gasteiger charge is -2.29. The van der Waals surface area contributed by atoms with Crippen LogP contribution < -0.4 is 10.6 Å². The maximum absolute atomic E-state index is 12.4. The maximum Gasteiger partial charge on any atom is 0.335 e. The van der Waals surface area contributed by atoms with Crippen molar-refractivity contribution in [3.8, 4) is 0 Å². The summed E-state index contributed by atoms with van der Waals surface area (Å²) in [7, 11) is 0. The maximum atomic E-state index is 12.4. The molecule has 0 spiro atoms. The van der Waals surface area contributed by atoms with E-state index in [-0.39, 0.29) is 35.3 Å². The van der Waals surface area contributed by atoms with Gasteiger partial charge in [-0.1, -0.05) is 25.0 Å². The third-order valence-electron chi connectivity index (χ3n) is 6.06. The van der Waals surface area contributed by atoms with Crippen LogP contribution in [0.4, 0.5) is 0 Å². The first-order valence-electron chi connectivity index (χ1n) is 10.4. The standard InChI is InChI=1S/C22H30N2O4/c25-20(23-13-12-15-4-3-7-18(14-15)22(27)28)17-8-10-19(11-9-17)24-21(26)16-5-1-2-6-16/h3-4,7,14,16-17,19H,1-2,5-6,8-13H2,(H,23,25)(H,24,26)(H,27,28). The highest BCUT2D eigenvalue weighted by Gasteiger charge is 2.29. The third kappa shape index (κ3) is 5.57. The summed E-state index contributed by atoms with van der Waals surface area (Å²) in [6.07, 6.45) is 8.27. The average Bonchev–Trinajstić information content (AvgIpc) is 3.24. The molecule has 2 amide bonds. The van der Waals surface area contributed by atoms with Gasteiger partial charge >= 0.3 is 5.97 Å². The van der Waals surface area contributed by atoms with Gasteiger partial charge in [0.25, 0.3) is 0 Å². The van der Waals surface area contributed by atoms with Gasteiger partial charge in [0.15, 0.2) is 0 Å². The summed E-state index contributed by atoms with van der Waals surface area (Å²) < 4.78 is 0. The van der Waals surface area contributed by atoms with Crippen molar-refractivity contribution >= 4 is 17.8 Å². The molecule has 0 saturated heterocycles. The molecular formula is C22H30N2O4. The van der Waals surface area contributed by atoms with Gasteiger partial charge in [-0.05, 0) is 62.6 Å². The number of carbonyl (C=O) groups is 3. The number of rotatable bonds is 7. The summed E-state index contributed by atoms with van der Waals surface area (Å²) in [6.45, 7) is 0.500. The lowest BCUT2D eigenvalue weighted by molar-refractivity contribution is -0.126. The Morgan fingerprint density at radius 2 is 1.61 bits per heavy atom. The molecule has 152 valence electrons. The lowest BCUT2D eigenvalue weighted by Crippen LogP contribution is -2.42. The minimum Gasteiger partial charge on any atom is -0.478 e. The quantitative estimate of drug-likeness (QED) is 0.671. The van der Waals surface area contributed by atoms with Gasteiger partial charge in [-0.2, -0.15) is 0 Å². The summed E-state index contributed by atoms with van der Waals surface area (Å²) in [4.78, 5) is 35.7. The number of carbonyl (C=O) groups excluding carboxylic acids is 2. The van der Waals surface area contributed by atoms with Gasteiger partial charge in [-0.3, -0.25) is 9.59 Å². The molecule has 2 aliphatic rings. The zero-order chi connectivity index (χ0) is 19.9. The van der Waals surface area contributed by atoms with Crippen LogP contribution in [0.2, 0.25) is 0 Å². The van der Waals surface area contributed by atoms with Crippen LogP contribution >= 0.6 is 0 Å². The molecule has 2 aliphatic carbocycles. The number of hydrogen-bond acceptors (Lipinski definition) is 3. The summed E-state index contributed by atoms with van der Waals surface area (Å²) >= 11 is 0. The number of carboxylic acid groups (broad SMARTS) is 1. The van der Waals surface area contributed by atoms with Crippen LogP contribution in [0.5, 0.6) is 0 Å². The second kappa shape index (κ2) is 9.71. The Bertz CT molecular complexity index is 704. The fourth-order valence-corrected chi connectivity index (χ4v) is 4.34. The SMILES string of the molecule is O=C(O)c1cccc(CCNC(=O)C2CCC(NC(=O)C3CCCC3)CC2)c1.